The summed E-state index contributed by atoms with van der Waals surface area (Å²) in [7, 11) is 0. The van der Waals surface area contributed by atoms with Gasteiger partial charge in [-0.1, -0.05) is 0 Å². The monoisotopic (exact) mass is 255 g/mol. The van der Waals surface area contributed by atoms with Crippen LogP contribution in [0.25, 0.3) is 0 Å². The molecule has 1 unspecified atom stereocenters. The van der Waals surface area contributed by atoms with Gasteiger partial charge in [0.2, 0.25) is 5.91 Å². The van der Waals surface area contributed by atoms with Gasteiger partial charge in [-0.05, 0) is 31.6 Å². The van der Waals surface area contributed by atoms with Crippen molar-refractivity contribution in [2.45, 2.75) is 32.1 Å². The van der Waals surface area contributed by atoms with Crippen LogP contribution < -0.4 is 0 Å². The molecule has 0 radical (unpaired) electrons. The number of amides is 1. The molecule has 1 N–H and O–H groups in total. The van der Waals surface area contributed by atoms with E-state index in [0.29, 0.717) is 38.5 Å². The standard InChI is InChI=1S/C13H21NO4/c15-12(5-7-18-9-10-3-4-10)14-6-1-2-11(8-14)13(16)17/h10-11H,1-9H2,(H,16,17). The molecule has 2 fully saturated rings. The molecule has 1 amide bonds. The van der Waals surface area contributed by atoms with Crippen molar-refractivity contribution in [2.24, 2.45) is 11.8 Å². The van der Waals surface area contributed by atoms with Crippen LogP contribution in [0.15, 0.2) is 0 Å². The first kappa shape index (κ1) is 13.3. The zero-order valence-corrected chi connectivity index (χ0v) is 10.6. The first-order valence-electron chi connectivity index (χ1n) is 6.75. The number of aliphatic carboxylic acids is 1. The lowest BCUT2D eigenvalue weighted by atomic mass is 9.98. The second kappa shape index (κ2) is 6.18. The first-order valence-corrected chi connectivity index (χ1v) is 6.75. The van der Waals surface area contributed by atoms with Gasteiger partial charge < -0.3 is 14.7 Å². The molecular weight excluding hydrogens is 234 g/mol. The van der Waals surface area contributed by atoms with Gasteiger partial charge in [0, 0.05) is 19.7 Å². The highest BCUT2D eigenvalue weighted by atomic mass is 16.5. The van der Waals surface area contributed by atoms with Crippen molar-refractivity contribution in [3.05, 3.63) is 0 Å². The average Bonchev–Trinajstić information content (AvgIpc) is 3.18. The first-order chi connectivity index (χ1) is 8.66. The second-order valence-electron chi connectivity index (χ2n) is 5.29. The normalized spacial score (nSPS) is 24.0. The molecule has 1 heterocycles. The number of nitrogens with zero attached hydrogens (tertiary/aromatic N) is 1. The highest BCUT2D eigenvalue weighted by molar-refractivity contribution is 5.78. The largest absolute Gasteiger partial charge is 0.481 e. The Morgan fingerprint density at radius 1 is 1.28 bits per heavy atom. The van der Waals surface area contributed by atoms with Crippen LogP contribution in [-0.4, -0.2) is 48.2 Å². The van der Waals surface area contributed by atoms with Crippen molar-refractivity contribution in [1.29, 1.82) is 0 Å². The lowest BCUT2D eigenvalue weighted by molar-refractivity contribution is -0.145. The van der Waals surface area contributed by atoms with E-state index in [1.807, 2.05) is 0 Å². The third kappa shape index (κ3) is 3.98. The number of carbonyl (C=O) groups excluding carboxylic acids is 1. The van der Waals surface area contributed by atoms with Crippen molar-refractivity contribution in [3.63, 3.8) is 0 Å². The topological polar surface area (TPSA) is 66.8 Å². The van der Waals surface area contributed by atoms with E-state index in [1.54, 1.807) is 4.90 Å². The van der Waals surface area contributed by atoms with Gasteiger partial charge in [-0.15, -0.1) is 0 Å². The Morgan fingerprint density at radius 3 is 2.72 bits per heavy atom. The smallest absolute Gasteiger partial charge is 0.308 e. The third-order valence-corrected chi connectivity index (χ3v) is 3.63. The molecule has 2 aliphatic rings. The number of piperidine rings is 1. The molecule has 0 spiro atoms. The molecular formula is C13H21NO4. The fourth-order valence-electron chi connectivity index (χ4n) is 2.26. The van der Waals surface area contributed by atoms with Crippen molar-refractivity contribution in [2.75, 3.05) is 26.3 Å². The molecule has 0 aromatic heterocycles. The van der Waals surface area contributed by atoms with Gasteiger partial charge in [0.05, 0.1) is 18.9 Å². The number of hydrogen-bond acceptors (Lipinski definition) is 3. The highest BCUT2D eigenvalue weighted by Crippen LogP contribution is 2.28. The summed E-state index contributed by atoms with van der Waals surface area (Å²) in [4.78, 5) is 24.5. The second-order valence-corrected chi connectivity index (χ2v) is 5.29. The van der Waals surface area contributed by atoms with Crippen LogP contribution >= 0.6 is 0 Å². The molecule has 1 aliphatic heterocycles. The summed E-state index contributed by atoms with van der Waals surface area (Å²) in [6, 6.07) is 0. The van der Waals surface area contributed by atoms with E-state index in [1.165, 1.54) is 12.8 Å². The summed E-state index contributed by atoms with van der Waals surface area (Å²) >= 11 is 0. The summed E-state index contributed by atoms with van der Waals surface area (Å²) in [5, 5.41) is 8.96. The Labute approximate surface area is 107 Å². The van der Waals surface area contributed by atoms with Gasteiger partial charge in [-0.25, -0.2) is 0 Å². The van der Waals surface area contributed by atoms with Crippen LogP contribution in [0, 0.1) is 11.8 Å². The number of carboxylic acid groups (broad SMARTS) is 1. The fourth-order valence-corrected chi connectivity index (χ4v) is 2.26. The molecule has 1 aliphatic carbocycles. The van der Waals surface area contributed by atoms with Crippen molar-refractivity contribution < 1.29 is 19.4 Å². The third-order valence-electron chi connectivity index (χ3n) is 3.63. The molecule has 1 saturated heterocycles. The Balaban J connectivity index is 1.65. The summed E-state index contributed by atoms with van der Waals surface area (Å²) in [6.07, 6.45) is 4.34. The van der Waals surface area contributed by atoms with Gasteiger partial charge in [0.25, 0.3) is 0 Å². The zero-order chi connectivity index (χ0) is 13.0. The summed E-state index contributed by atoms with van der Waals surface area (Å²) < 4.78 is 5.43. The predicted octanol–water partition coefficient (Wildman–Crippen LogP) is 1.13. The van der Waals surface area contributed by atoms with Crippen LogP contribution in [0.2, 0.25) is 0 Å². The van der Waals surface area contributed by atoms with E-state index in [0.717, 1.165) is 13.0 Å². The highest BCUT2D eigenvalue weighted by Gasteiger charge is 2.28. The maximum atomic E-state index is 11.9. The molecule has 0 aromatic carbocycles. The van der Waals surface area contributed by atoms with Crippen molar-refractivity contribution >= 4 is 11.9 Å². The zero-order valence-electron chi connectivity index (χ0n) is 10.6. The van der Waals surface area contributed by atoms with Crippen molar-refractivity contribution in [1.82, 2.24) is 4.90 Å². The number of carbonyl (C=O) groups is 2. The Hall–Kier alpha value is -1.10. The van der Waals surface area contributed by atoms with E-state index in [-0.39, 0.29) is 5.91 Å². The average molecular weight is 255 g/mol. The Kier molecular flexibility index (Phi) is 4.58. The molecule has 18 heavy (non-hydrogen) atoms. The number of rotatable bonds is 6. The van der Waals surface area contributed by atoms with E-state index < -0.39 is 11.9 Å². The molecule has 5 heteroatoms. The van der Waals surface area contributed by atoms with E-state index in [2.05, 4.69) is 0 Å². The predicted molar refractivity (Wildman–Crippen MR) is 65.1 cm³/mol. The molecule has 1 saturated carbocycles. The van der Waals surface area contributed by atoms with Gasteiger partial charge in [-0.3, -0.25) is 9.59 Å². The SMILES string of the molecule is O=C(O)C1CCCN(C(=O)CCOCC2CC2)C1. The minimum Gasteiger partial charge on any atom is -0.481 e. The quantitative estimate of drug-likeness (QED) is 0.722. The van der Waals surface area contributed by atoms with Gasteiger partial charge in [0.15, 0.2) is 0 Å². The van der Waals surface area contributed by atoms with Gasteiger partial charge in [0.1, 0.15) is 0 Å². The summed E-state index contributed by atoms with van der Waals surface area (Å²) in [5.41, 5.74) is 0. The molecule has 0 aromatic rings. The van der Waals surface area contributed by atoms with Crippen LogP contribution in [0.3, 0.4) is 0 Å². The van der Waals surface area contributed by atoms with E-state index in [4.69, 9.17) is 9.84 Å². The lowest BCUT2D eigenvalue weighted by Crippen LogP contribution is -2.42. The molecule has 102 valence electrons. The Bertz CT molecular complexity index is 314. The van der Waals surface area contributed by atoms with E-state index >= 15 is 0 Å². The molecule has 0 bridgehead atoms. The molecule has 1 atom stereocenters. The van der Waals surface area contributed by atoms with Crippen molar-refractivity contribution in [3.8, 4) is 0 Å². The van der Waals surface area contributed by atoms with Crippen LogP contribution in [0.1, 0.15) is 32.1 Å². The van der Waals surface area contributed by atoms with Crippen LogP contribution in [-0.2, 0) is 14.3 Å². The Morgan fingerprint density at radius 2 is 2.06 bits per heavy atom. The van der Waals surface area contributed by atoms with E-state index in [9.17, 15) is 9.59 Å². The maximum absolute atomic E-state index is 11.9. The number of carboxylic acids is 1. The van der Waals surface area contributed by atoms with Crippen LogP contribution in [0.4, 0.5) is 0 Å². The number of likely N-dealkylation sites (tertiary alicyclic amines) is 1. The molecule has 5 nitrogen and oxygen atoms in total. The summed E-state index contributed by atoms with van der Waals surface area (Å²) in [6.45, 7) is 2.27. The molecule has 2 rings (SSSR count). The maximum Gasteiger partial charge on any atom is 0.308 e. The summed E-state index contributed by atoms with van der Waals surface area (Å²) in [5.74, 6) is -0.448. The van der Waals surface area contributed by atoms with Gasteiger partial charge >= 0.3 is 5.97 Å². The lowest BCUT2D eigenvalue weighted by Gasteiger charge is -2.30. The number of ether oxygens (including phenoxy) is 1. The fraction of sp³-hybridized carbons (Fsp3) is 0.846. The minimum atomic E-state index is -0.794. The minimum absolute atomic E-state index is 0.0248. The number of hydrogen-bond donors (Lipinski definition) is 1. The van der Waals surface area contributed by atoms with Gasteiger partial charge in [-0.2, -0.15) is 0 Å². The van der Waals surface area contributed by atoms with Crippen LogP contribution in [0.5, 0.6) is 0 Å².